The second kappa shape index (κ2) is 7.53. The number of benzene rings is 3. The molecule has 5 nitrogen and oxygen atoms in total. The Bertz CT molecular complexity index is 1000. The summed E-state index contributed by atoms with van der Waals surface area (Å²) in [6, 6.07) is 18.0. The van der Waals surface area contributed by atoms with Crippen LogP contribution in [0.4, 0.5) is 0 Å². The Labute approximate surface area is 150 Å². The van der Waals surface area contributed by atoms with Gasteiger partial charge in [0.2, 0.25) is 5.91 Å². The van der Waals surface area contributed by atoms with Crippen LogP contribution in [0.15, 0.2) is 66.7 Å². The summed E-state index contributed by atoms with van der Waals surface area (Å²) >= 11 is 0. The number of hydrogen-bond acceptors (Lipinski definition) is 4. The molecule has 130 valence electrons. The average Bonchev–Trinajstić information content (AvgIpc) is 2.66. The lowest BCUT2D eigenvalue weighted by Gasteiger charge is -2.11. The molecule has 0 saturated heterocycles. The number of esters is 1. The van der Waals surface area contributed by atoms with Crippen molar-refractivity contribution in [2.45, 2.75) is 0 Å². The van der Waals surface area contributed by atoms with Gasteiger partial charge in [0.05, 0.1) is 12.7 Å². The van der Waals surface area contributed by atoms with E-state index >= 15 is 0 Å². The number of rotatable bonds is 5. The van der Waals surface area contributed by atoms with Crippen molar-refractivity contribution in [1.82, 2.24) is 0 Å². The number of primary amides is 1. The largest absolute Gasteiger partial charge is 0.493 e. The maximum atomic E-state index is 12.7. The van der Waals surface area contributed by atoms with E-state index in [2.05, 4.69) is 0 Å². The maximum absolute atomic E-state index is 12.7. The van der Waals surface area contributed by atoms with Gasteiger partial charge in [-0.2, -0.15) is 0 Å². The Morgan fingerprint density at radius 1 is 0.962 bits per heavy atom. The molecule has 0 aliphatic carbocycles. The molecule has 26 heavy (non-hydrogen) atoms. The molecular formula is C21H17NO4. The zero-order valence-corrected chi connectivity index (χ0v) is 14.1. The van der Waals surface area contributed by atoms with Gasteiger partial charge in [0, 0.05) is 6.08 Å². The third-order valence-corrected chi connectivity index (χ3v) is 3.84. The number of amides is 1. The quantitative estimate of drug-likeness (QED) is 0.435. The molecule has 3 aromatic carbocycles. The van der Waals surface area contributed by atoms with E-state index in [1.54, 1.807) is 24.3 Å². The predicted molar refractivity (Wildman–Crippen MR) is 100 cm³/mol. The molecular weight excluding hydrogens is 330 g/mol. The van der Waals surface area contributed by atoms with Gasteiger partial charge >= 0.3 is 5.97 Å². The third kappa shape index (κ3) is 3.72. The fraction of sp³-hybridized carbons (Fsp3) is 0.0476. The van der Waals surface area contributed by atoms with Crippen LogP contribution in [-0.4, -0.2) is 19.0 Å². The van der Waals surface area contributed by atoms with Crippen molar-refractivity contribution in [2.75, 3.05) is 7.11 Å². The summed E-state index contributed by atoms with van der Waals surface area (Å²) in [6.07, 6.45) is 2.77. The lowest BCUT2D eigenvalue weighted by Crippen LogP contribution is -2.10. The normalized spacial score (nSPS) is 10.8. The highest BCUT2D eigenvalue weighted by atomic mass is 16.6. The summed E-state index contributed by atoms with van der Waals surface area (Å²) in [5.74, 6) is -0.377. The first-order valence-corrected chi connectivity index (χ1v) is 7.94. The maximum Gasteiger partial charge on any atom is 0.344 e. The first kappa shape index (κ1) is 17.2. The lowest BCUT2D eigenvalue weighted by molar-refractivity contribution is -0.113. The molecule has 0 aromatic heterocycles. The van der Waals surface area contributed by atoms with Gasteiger partial charge in [-0.25, -0.2) is 4.79 Å². The molecule has 0 aliphatic rings. The van der Waals surface area contributed by atoms with Crippen LogP contribution in [0.25, 0.3) is 16.8 Å². The number of methoxy groups -OCH3 is 1. The first-order chi connectivity index (χ1) is 12.6. The van der Waals surface area contributed by atoms with Gasteiger partial charge in [0.15, 0.2) is 11.5 Å². The van der Waals surface area contributed by atoms with Crippen molar-refractivity contribution in [3.8, 4) is 11.5 Å². The average molecular weight is 347 g/mol. The van der Waals surface area contributed by atoms with E-state index in [1.165, 1.54) is 19.3 Å². The van der Waals surface area contributed by atoms with E-state index in [0.717, 1.165) is 10.8 Å². The van der Waals surface area contributed by atoms with E-state index in [1.807, 2.05) is 36.4 Å². The van der Waals surface area contributed by atoms with Crippen LogP contribution in [0.3, 0.4) is 0 Å². The molecule has 0 unspecified atom stereocenters. The van der Waals surface area contributed by atoms with Gasteiger partial charge in [-0.15, -0.1) is 0 Å². The lowest BCUT2D eigenvalue weighted by atomic mass is 10.0. The van der Waals surface area contributed by atoms with Crippen LogP contribution < -0.4 is 15.2 Å². The highest BCUT2D eigenvalue weighted by molar-refractivity contribution is 6.05. The number of fused-ring (bicyclic) bond motifs is 1. The topological polar surface area (TPSA) is 78.6 Å². The SMILES string of the molecule is COc1ccc(/C=C/C(N)=O)cc1OC(=O)c1cccc2ccccc12. The fourth-order valence-electron chi connectivity index (χ4n) is 2.61. The van der Waals surface area contributed by atoms with Crippen LogP contribution in [0.1, 0.15) is 15.9 Å². The molecule has 1 amide bonds. The Morgan fingerprint density at radius 2 is 1.73 bits per heavy atom. The standard InChI is InChI=1S/C21H17NO4/c1-25-18-11-9-14(10-12-20(22)23)13-19(18)26-21(24)17-8-4-6-15-5-2-3-7-16(15)17/h2-13H,1H3,(H2,22,23)/b12-10+. The third-order valence-electron chi connectivity index (χ3n) is 3.84. The molecule has 0 atom stereocenters. The molecule has 3 rings (SSSR count). The first-order valence-electron chi connectivity index (χ1n) is 7.94. The molecule has 0 saturated carbocycles. The van der Waals surface area contributed by atoms with Gasteiger partial charge < -0.3 is 15.2 Å². The van der Waals surface area contributed by atoms with Crippen LogP contribution >= 0.6 is 0 Å². The Morgan fingerprint density at radius 3 is 2.50 bits per heavy atom. The molecule has 0 fully saturated rings. The highest BCUT2D eigenvalue weighted by Crippen LogP contribution is 2.30. The van der Waals surface area contributed by atoms with Crippen LogP contribution in [-0.2, 0) is 4.79 Å². The van der Waals surface area contributed by atoms with Gasteiger partial charge in [0.25, 0.3) is 0 Å². The molecule has 0 aliphatic heterocycles. The number of nitrogens with two attached hydrogens (primary N) is 1. The summed E-state index contributed by atoms with van der Waals surface area (Å²) in [4.78, 5) is 23.6. The van der Waals surface area contributed by atoms with Crippen molar-refractivity contribution in [1.29, 1.82) is 0 Å². The van der Waals surface area contributed by atoms with Gasteiger partial charge in [-0.3, -0.25) is 4.79 Å². The summed E-state index contributed by atoms with van der Waals surface area (Å²) < 4.78 is 10.8. The Kier molecular flexibility index (Phi) is 4.99. The number of ether oxygens (including phenoxy) is 2. The van der Waals surface area contributed by atoms with Gasteiger partial charge in [-0.05, 0) is 40.6 Å². The second-order valence-electron chi connectivity index (χ2n) is 5.56. The zero-order chi connectivity index (χ0) is 18.5. The number of hydrogen-bond donors (Lipinski definition) is 1. The minimum absolute atomic E-state index is 0.261. The summed E-state index contributed by atoms with van der Waals surface area (Å²) in [5, 5.41) is 1.76. The fourth-order valence-corrected chi connectivity index (χ4v) is 2.61. The molecule has 5 heteroatoms. The van der Waals surface area contributed by atoms with Gasteiger partial charge in [0.1, 0.15) is 0 Å². The monoisotopic (exact) mass is 347 g/mol. The summed E-state index contributed by atoms with van der Waals surface area (Å²) in [6.45, 7) is 0. The predicted octanol–water partition coefficient (Wildman–Crippen LogP) is 3.57. The van der Waals surface area contributed by atoms with Gasteiger partial charge in [-0.1, -0.05) is 42.5 Å². The summed E-state index contributed by atoms with van der Waals surface area (Å²) in [7, 11) is 1.49. The smallest absolute Gasteiger partial charge is 0.344 e. The van der Waals surface area contributed by atoms with Crippen LogP contribution in [0, 0.1) is 0 Å². The van der Waals surface area contributed by atoms with E-state index in [0.29, 0.717) is 16.9 Å². The minimum atomic E-state index is -0.560. The van der Waals surface area contributed by atoms with Crippen LogP contribution in [0.5, 0.6) is 11.5 Å². The molecule has 0 heterocycles. The molecule has 2 N–H and O–H groups in total. The minimum Gasteiger partial charge on any atom is -0.493 e. The Balaban J connectivity index is 1.95. The van der Waals surface area contributed by atoms with Crippen molar-refractivity contribution in [2.24, 2.45) is 5.73 Å². The van der Waals surface area contributed by atoms with E-state index < -0.39 is 11.9 Å². The van der Waals surface area contributed by atoms with E-state index in [-0.39, 0.29) is 5.75 Å². The van der Waals surface area contributed by atoms with E-state index in [9.17, 15) is 9.59 Å². The summed E-state index contributed by atoms with van der Waals surface area (Å²) in [5.41, 5.74) is 6.23. The molecule has 0 spiro atoms. The van der Waals surface area contributed by atoms with Crippen molar-refractivity contribution < 1.29 is 19.1 Å². The number of carbonyl (C=O) groups excluding carboxylic acids is 2. The Hall–Kier alpha value is -3.60. The molecule has 0 bridgehead atoms. The zero-order valence-electron chi connectivity index (χ0n) is 14.1. The molecule has 0 radical (unpaired) electrons. The van der Waals surface area contributed by atoms with Crippen molar-refractivity contribution in [3.63, 3.8) is 0 Å². The van der Waals surface area contributed by atoms with Crippen molar-refractivity contribution in [3.05, 3.63) is 77.9 Å². The van der Waals surface area contributed by atoms with Crippen molar-refractivity contribution >= 4 is 28.7 Å². The highest BCUT2D eigenvalue weighted by Gasteiger charge is 2.15. The number of carbonyl (C=O) groups is 2. The van der Waals surface area contributed by atoms with Crippen LogP contribution in [0.2, 0.25) is 0 Å². The molecule has 3 aromatic rings. The van der Waals surface area contributed by atoms with E-state index in [4.69, 9.17) is 15.2 Å². The second-order valence-corrected chi connectivity index (χ2v) is 5.56.